The van der Waals surface area contributed by atoms with Gasteiger partial charge in [-0.3, -0.25) is 0 Å². The molecule has 198 valence electrons. The second-order valence-corrected chi connectivity index (χ2v) is 13.3. The van der Waals surface area contributed by atoms with Gasteiger partial charge in [0.15, 0.2) is 0 Å². The van der Waals surface area contributed by atoms with Crippen molar-refractivity contribution in [2.75, 3.05) is 0 Å². The van der Waals surface area contributed by atoms with Crippen molar-refractivity contribution in [3.05, 3.63) is 35.5 Å². The lowest BCUT2D eigenvalue weighted by molar-refractivity contribution is 0.0520. The highest BCUT2D eigenvalue weighted by Gasteiger charge is 2.46. The highest BCUT2D eigenvalue weighted by Crippen LogP contribution is 2.57. The predicted octanol–water partition coefficient (Wildman–Crippen LogP) is 11.4. The minimum atomic E-state index is 0.965. The zero-order chi connectivity index (χ0) is 24.3. The van der Waals surface area contributed by atoms with Crippen molar-refractivity contribution in [1.29, 1.82) is 0 Å². The fourth-order valence-electron chi connectivity index (χ4n) is 8.57. The standard InChI is InChI=1S/C35H58/c1-28-22-24-32-30-20-18-16-14-12-10-8-6-4-3-5-7-9-11-13-15-17-19-21-31(30)33-25-23-29(2)27-35(33)34(32)26-28/h3-6,28-29,32-35H,7-27H2,1-2H3. The molecule has 0 bridgehead atoms. The van der Waals surface area contributed by atoms with E-state index in [4.69, 9.17) is 0 Å². The largest absolute Gasteiger partial charge is 0.0845 e. The highest BCUT2D eigenvalue weighted by atomic mass is 14.5. The molecule has 0 aromatic rings. The molecule has 0 amide bonds. The van der Waals surface area contributed by atoms with Crippen molar-refractivity contribution in [3.63, 3.8) is 0 Å². The molecule has 0 aromatic carbocycles. The van der Waals surface area contributed by atoms with Gasteiger partial charge < -0.3 is 0 Å². The van der Waals surface area contributed by atoms with Gasteiger partial charge in [-0.05, 0) is 113 Å². The molecule has 0 aromatic heterocycles. The Morgan fingerprint density at radius 2 is 0.886 bits per heavy atom. The maximum absolute atomic E-state index is 2.56. The quantitative estimate of drug-likeness (QED) is 0.304. The molecule has 4 rings (SSSR count). The maximum Gasteiger partial charge on any atom is -0.0169 e. The van der Waals surface area contributed by atoms with Crippen LogP contribution < -0.4 is 0 Å². The first-order valence-corrected chi connectivity index (χ1v) is 16.3. The van der Waals surface area contributed by atoms with Gasteiger partial charge in [0.2, 0.25) is 0 Å². The second-order valence-electron chi connectivity index (χ2n) is 13.3. The van der Waals surface area contributed by atoms with Crippen LogP contribution in [0, 0.1) is 35.5 Å². The Hall–Kier alpha value is -0.780. The summed E-state index contributed by atoms with van der Waals surface area (Å²) in [6.45, 7) is 5.12. The van der Waals surface area contributed by atoms with Crippen LogP contribution in [0.1, 0.15) is 149 Å². The van der Waals surface area contributed by atoms with E-state index in [9.17, 15) is 0 Å². The van der Waals surface area contributed by atoms with Gasteiger partial charge in [-0.1, -0.05) is 107 Å². The van der Waals surface area contributed by atoms with Gasteiger partial charge in [-0.25, -0.2) is 0 Å². The van der Waals surface area contributed by atoms with E-state index in [0.717, 1.165) is 35.5 Å². The van der Waals surface area contributed by atoms with Gasteiger partial charge in [0.05, 0.1) is 0 Å². The average Bonchev–Trinajstić information content (AvgIpc) is 2.85. The summed E-state index contributed by atoms with van der Waals surface area (Å²) in [5.74, 6) is 5.93. The molecule has 0 spiro atoms. The van der Waals surface area contributed by atoms with Gasteiger partial charge in [-0.15, -0.1) is 0 Å². The molecular weight excluding hydrogens is 420 g/mol. The van der Waals surface area contributed by atoms with Crippen molar-refractivity contribution in [2.45, 2.75) is 149 Å². The fraction of sp³-hybridized carbons (Fsp3) is 0.829. The maximum atomic E-state index is 2.56. The molecule has 2 saturated carbocycles. The predicted molar refractivity (Wildman–Crippen MR) is 155 cm³/mol. The Balaban J connectivity index is 1.46. The molecule has 4 aliphatic rings. The number of fused-ring (bicyclic) bond motifs is 5. The second kappa shape index (κ2) is 14.8. The summed E-state index contributed by atoms with van der Waals surface area (Å²) in [6.07, 6.45) is 39.7. The van der Waals surface area contributed by atoms with E-state index < -0.39 is 0 Å². The van der Waals surface area contributed by atoms with Crippen LogP contribution in [0.5, 0.6) is 0 Å². The smallest absolute Gasteiger partial charge is 0.0169 e. The Morgan fingerprint density at radius 3 is 1.34 bits per heavy atom. The van der Waals surface area contributed by atoms with E-state index in [1.54, 1.807) is 0 Å². The summed E-state index contributed by atoms with van der Waals surface area (Å²) in [6, 6.07) is 0. The molecule has 6 atom stereocenters. The van der Waals surface area contributed by atoms with Crippen LogP contribution in [0.25, 0.3) is 0 Å². The molecule has 0 saturated heterocycles. The third-order valence-corrected chi connectivity index (χ3v) is 10.4. The molecular formula is C35H58. The lowest BCUT2D eigenvalue weighted by Crippen LogP contribution is -2.43. The minimum absolute atomic E-state index is 0.965. The minimum Gasteiger partial charge on any atom is -0.0845 e. The lowest BCUT2D eigenvalue weighted by Gasteiger charge is -2.52. The summed E-state index contributed by atoms with van der Waals surface area (Å²) >= 11 is 0. The number of hydrogen-bond donors (Lipinski definition) is 0. The van der Waals surface area contributed by atoms with Crippen LogP contribution >= 0.6 is 0 Å². The summed E-state index contributed by atoms with van der Waals surface area (Å²) in [5, 5.41) is 0. The van der Waals surface area contributed by atoms with Gasteiger partial charge >= 0.3 is 0 Å². The van der Waals surface area contributed by atoms with Crippen LogP contribution in [-0.2, 0) is 0 Å². The summed E-state index contributed by atoms with van der Waals surface area (Å²) in [4.78, 5) is 0. The first-order valence-electron chi connectivity index (χ1n) is 16.3. The van der Waals surface area contributed by atoms with Crippen molar-refractivity contribution < 1.29 is 0 Å². The zero-order valence-corrected chi connectivity index (χ0v) is 23.6. The van der Waals surface area contributed by atoms with E-state index in [1.165, 1.54) is 135 Å². The molecule has 0 nitrogen and oxygen atoms in total. The van der Waals surface area contributed by atoms with E-state index in [-0.39, 0.29) is 0 Å². The first kappa shape index (κ1) is 27.3. The van der Waals surface area contributed by atoms with Crippen LogP contribution in [0.4, 0.5) is 0 Å². The van der Waals surface area contributed by atoms with Crippen molar-refractivity contribution in [3.8, 4) is 0 Å². The average molecular weight is 479 g/mol. The van der Waals surface area contributed by atoms with E-state index in [2.05, 4.69) is 38.2 Å². The van der Waals surface area contributed by atoms with Crippen LogP contribution in [0.15, 0.2) is 35.5 Å². The van der Waals surface area contributed by atoms with Gasteiger partial charge in [0, 0.05) is 0 Å². The Kier molecular flexibility index (Phi) is 11.6. The summed E-state index contributed by atoms with van der Waals surface area (Å²) in [5.41, 5.74) is 4.08. The normalized spacial score (nSPS) is 37.0. The molecule has 6 unspecified atom stereocenters. The van der Waals surface area contributed by atoms with E-state index in [1.807, 2.05) is 11.1 Å². The SMILES string of the molecule is CC1CCC2C3=C(CCCCCCCCC=CC=CCCCCCCC3)C3CCC(C)CC3C2C1. The van der Waals surface area contributed by atoms with Crippen molar-refractivity contribution >= 4 is 0 Å². The van der Waals surface area contributed by atoms with Gasteiger partial charge in [-0.2, -0.15) is 0 Å². The monoisotopic (exact) mass is 478 g/mol. The summed E-state index contributed by atoms with van der Waals surface area (Å²) in [7, 11) is 0. The van der Waals surface area contributed by atoms with Crippen LogP contribution in [0.2, 0.25) is 0 Å². The Labute approximate surface area is 219 Å². The molecule has 0 heteroatoms. The summed E-state index contributed by atoms with van der Waals surface area (Å²) < 4.78 is 0. The van der Waals surface area contributed by atoms with E-state index >= 15 is 0 Å². The molecule has 0 aliphatic heterocycles. The number of hydrogen-bond acceptors (Lipinski definition) is 0. The van der Waals surface area contributed by atoms with Gasteiger partial charge in [0.1, 0.15) is 0 Å². The van der Waals surface area contributed by atoms with E-state index in [0.29, 0.717) is 0 Å². The van der Waals surface area contributed by atoms with Crippen molar-refractivity contribution in [2.24, 2.45) is 35.5 Å². The topological polar surface area (TPSA) is 0 Å². The highest BCUT2D eigenvalue weighted by molar-refractivity contribution is 5.27. The zero-order valence-electron chi connectivity index (χ0n) is 23.6. The molecule has 35 heavy (non-hydrogen) atoms. The molecule has 0 radical (unpaired) electrons. The third-order valence-electron chi connectivity index (χ3n) is 10.4. The van der Waals surface area contributed by atoms with Gasteiger partial charge in [0.25, 0.3) is 0 Å². The fourth-order valence-corrected chi connectivity index (χ4v) is 8.57. The Morgan fingerprint density at radius 1 is 0.486 bits per heavy atom. The molecule has 2 fully saturated rings. The van der Waals surface area contributed by atoms with Crippen LogP contribution in [-0.4, -0.2) is 0 Å². The lowest BCUT2D eigenvalue weighted by atomic mass is 9.53. The van der Waals surface area contributed by atoms with Crippen LogP contribution in [0.3, 0.4) is 0 Å². The molecule has 0 heterocycles. The number of allylic oxidation sites excluding steroid dienone is 6. The Bertz CT molecular complexity index is 693. The third kappa shape index (κ3) is 8.10. The molecule has 4 aliphatic carbocycles. The first-order chi connectivity index (χ1) is 17.2. The number of rotatable bonds is 0. The van der Waals surface area contributed by atoms with Crippen molar-refractivity contribution in [1.82, 2.24) is 0 Å². The molecule has 0 N–H and O–H groups in total.